The lowest BCUT2D eigenvalue weighted by Crippen LogP contribution is -2.48. The molecular weight excluding hydrogens is 362 g/mol. The van der Waals surface area contributed by atoms with E-state index in [1.807, 2.05) is 18.7 Å². The van der Waals surface area contributed by atoms with Gasteiger partial charge < -0.3 is 4.90 Å². The molecule has 1 amide bonds. The summed E-state index contributed by atoms with van der Waals surface area (Å²) in [5.74, 6) is 1.23. The van der Waals surface area contributed by atoms with Gasteiger partial charge in [-0.1, -0.05) is 46.2 Å². The van der Waals surface area contributed by atoms with Crippen molar-refractivity contribution < 1.29 is 13.2 Å². The smallest absolute Gasteiger partial charge is 0.263 e. The summed E-state index contributed by atoms with van der Waals surface area (Å²) in [6.07, 6.45) is 1.92. The molecule has 0 aromatic heterocycles. The van der Waals surface area contributed by atoms with Gasteiger partial charge in [-0.25, -0.2) is 8.42 Å². The Morgan fingerprint density at radius 3 is 2.52 bits per heavy atom. The van der Waals surface area contributed by atoms with Crippen LogP contribution in [-0.2, 0) is 14.8 Å². The predicted octanol–water partition coefficient (Wildman–Crippen LogP) is 2.64. The maximum absolute atomic E-state index is 13.3. The highest BCUT2D eigenvalue weighted by Crippen LogP contribution is 2.26. The largest absolute Gasteiger partial charge is 0.340 e. The van der Waals surface area contributed by atoms with Gasteiger partial charge in [-0.15, -0.1) is 0 Å². The van der Waals surface area contributed by atoms with Crippen LogP contribution in [0.25, 0.3) is 0 Å². The number of hydrogen-bond donors (Lipinski definition) is 1. The van der Waals surface area contributed by atoms with Crippen LogP contribution in [0.2, 0.25) is 0 Å². The molecule has 1 fully saturated rings. The van der Waals surface area contributed by atoms with Gasteiger partial charge in [0.2, 0.25) is 5.91 Å². The highest BCUT2D eigenvalue weighted by Gasteiger charge is 2.36. The lowest BCUT2D eigenvalue weighted by Gasteiger charge is -2.37. The van der Waals surface area contributed by atoms with Gasteiger partial charge in [0.05, 0.1) is 4.90 Å². The van der Waals surface area contributed by atoms with Crippen molar-refractivity contribution in [1.29, 1.82) is 0 Å². The summed E-state index contributed by atoms with van der Waals surface area (Å²) in [7, 11) is -3.61. The van der Waals surface area contributed by atoms with Crippen LogP contribution in [0.15, 0.2) is 34.2 Å². The Balaban J connectivity index is 1.95. The highest BCUT2D eigenvalue weighted by molar-refractivity contribution is 7.90. The first kappa shape index (κ1) is 19.9. The van der Waals surface area contributed by atoms with Crippen molar-refractivity contribution >= 4 is 21.8 Å². The topological polar surface area (TPSA) is 78.8 Å². The number of benzene rings is 1. The third kappa shape index (κ3) is 4.03. The second kappa shape index (κ2) is 7.62. The number of nitrogens with zero attached hydrogens (tertiary/aromatic N) is 2. The van der Waals surface area contributed by atoms with Gasteiger partial charge in [-0.3, -0.25) is 14.5 Å². The molecule has 0 spiro atoms. The van der Waals surface area contributed by atoms with E-state index in [1.165, 1.54) is 0 Å². The average molecular weight is 392 g/mol. The number of likely N-dealkylation sites (tertiary alicyclic amines) is 1. The number of amidine groups is 1. The van der Waals surface area contributed by atoms with Crippen molar-refractivity contribution in [3.63, 3.8) is 0 Å². The van der Waals surface area contributed by atoms with E-state index in [9.17, 15) is 13.2 Å². The standard InChI is InChI=1S/C20H29N3O3S/c1-5-15(4)18(20(24)23-11-13(2)10-14(3)12-23)21-19-16-8-6-7-9-17(16)27(25,26)22-19/h6-9,13-15,18H,5,10-12H2,1-4H3,(H,21,22)/t13?,14?,15-,18-/m1/s1. The van der Waals surface area contributed by atoms with Crippen molar-refractivity contribution in [2.75, 3.05) is 13.1 Å². The van der Waals surface area contributed by atoms with Crippen LogP contribution in [0.4, 0.5) is 0 Å². The first-order valence-electron chi connectivity index (χ1n) is 9.71. The molecule has 4 atom stereocenters. The average Bonchev–Trinajstić information content (AvgIpc) is 2.88. The van der Waals surface area contributed by atoms with E-state index in [0.717, 1.165) is 25.9 Å². The molecule has 27 heavy (non-hydrogen) atoms. The molecular formula is C20H29N3O3S. The van der Waals surface area contributed by atoms with Crippen LogP contribution in [0, 0.1) is 17.8 Å². The number of nitrogens with one attached hydrogen (secondary N) is 1. The molecule has 2 heterocycles. The summed E-state index contributed by atoms with van der Waals surface area (Å²) in [5.41, 5.74) is 0.541. The molecule has 2 aliphatic rings. The number of rotatable bonds is 4. The molecule has 6 nitrogen and oxygen atoms in total. The number of carbonyl (C=O) groups is 1. The number of piperidine rings is 1. The maximum Gasteiger partial charge on any atom is 0.263 e. The van der Waals surface area contributed by atoms with Gasteiger partial charge in [-0.05, 0) is 36.3 Å². The maximum atomic E-state index is 13.3. The number of amides is 1. The first-order valence-corrected chi connectivity index (χ1v) is 11.2. The van der Waals surface area contributed by atoms with Crippen molar-refractivity contribution in [2.24, 2.45) is 22.7 Å². The van der Waals surface area contributed by atoms with E-state index in [4.69, 9.17) is 0 Å². The molecule has 0 saturated carbocycles. The Bertz CT molecular complexity index is 840. The molecule has 0 bridgehead atoms. The molecule has 1 aromatic carbocycles. The third-order valence-electron chi connectivity index (χ3n) is 5.55. The Morgan fingerprint density at radius 1 is 1.26 bits per heavy atom. The summed E-state index contributed by atoms with van der Waals surface area (Å²) in [4.78, 5) is 20.1. The van der Waals surface area contributed by atoms with Crippen molar-refractivity contribution in [3.8, 4) is 0 Å². The minimum absolute atomic E-state index is 0.00108. The van der Waals surface area contributed by atoms with Crippen LogP contribution < -0.4 is 4.72 Å². The first-order chi connectivity index (χ1) is 12.7. The SMILES string of the molecule is CC[C@@H](C)[C@@H](N=C1NS(=O)(=O)c2ccccc21)C(=O)N1CC(C)CC(C)C1. The van der Waals surface area contributed by atoms with Crippen LogP contribution >= 0.6 is 0 Å². The van der Waals surface area contributed by atoms with Crippen molar-refractivity contribution in [3.05, 3.63) is 29.8 Å². The number of sulfonamides is 1. The van der Waals surface area contributed by atoms with Crippen LogP contribution in [0.1, 0.15) is 46.1 Å². The Hall–Kier alpha value is -1.89. The summed E-state index contributed by atoms with van der Waals surface area (Å²) in [6.45, 7) is 9.84. The van der Waals surface area contributed by atoms with Gasteiger partial charge in [0, 0.05) is 18.7 Å². The van der Waals surface area contributed by atoms with Crippen molar-refractivity contribution in [2.45, 2.75) is 51.5 Å². The molecule has 2 unspecified atom stereocenters. The molecule has 1 saturated heterocycles. The van der Waals surface area contributed by atoms with E-state index in [1.54, 1.807) is 24.3 Å². The molecule has 0 radical (unpaired) electrons. The van der Waals surface area contributed by atoms with Gasteiger partial charge in [-0.2, -0.15) is 0 Å². The molecule has 148 valence electrons. The fraction of sp³-hybridized carbons (Fsp3) is 0.600. The van der Waals surface area contributed by atoms with E-state index < -0.39 is 16.1 Å². The second-order valence-electron chi connectivity index (χ2n) is 8.10. The highest BCUT2D eigenvalue weighted by atomic mass is 32.2. The Morgan fingerprint density at radius 2 is 1.89 bits per heavy atom. The zero-order valence-corrected chi connectivity index (χ0v) is 17.3. The summed E-state index contributed by atoms with van der Waals surface area (Å²) in [6, 6.07) is 6.18. The van der Waals surface area contributed by atoms with Crippen molar-refractivity contribution in [1.82, 2.24) is 9.62 Å². The second-order valence-corrected chi connectivity index (χ2v) is 9.75. The fourth-order valence-corrected chi connectivity index (χ4v) is 5.29. The van der Waals surface area contributed by atoms with Gasteiger partial charge >= 0.3 is 0 Å². The minimum Gasteiger partial charge on any atom is -0.340 e. The van der Waals surface area contributed by atoms with Gasteiger partial charge in [0.15, 0.2) is 0 Å². The van der Waals surface area contributed by atoms with Crippen LogP contribution in [0.3, 0.4) is 0 Å². The number of fused-ring (bicyclic) bond motifs is 1. The van der Waals surface area contributed by atoms with E-state index in [-0.39, 0.29) is 22.6 Å². The zero-order chi connectivity index (χ0) is 19.8. The summed E-state index contributed by atoms with van der Waals surface area (Å²) in [5, 5.41) is 0. The van der Waals surface area contributed by atoms with Gasteiger partial charge in [0.25, 0.3) is 10.0 Å². The Labute approximate surface area is 162 Å². The normalized spacial score (nSPS) is 27.7. The monoisotopic (exact) mass is 391 g/mol. The minimum atomic E-state index is -3.61. The van der Waals surface area contributed by atoms with Crippen LogP contribution in [0.5, 0.6) is 0 Å². The number of aliphatic imine (C=N–C) groups is 1. The molecule has 3 rings (SSSR count). The lowest BCUT2D eigenvalue weighted by molar-refractivity contribution is -0.136. The molecule has 7 heteroatoms. The summed E-state index contributed by atoms with van der Waals surface area (Å²) >= 11 is 0. The molecule has 1 N–H and O–H groups in total. The Kier molecular flexibility index (Phi) is 5.60. The predicted molar refractivity (Wildman–Crippen MR) is 106 cm³/mol. The molecule has 2 aliphatic heterocycles. The molecule has 1 aromatic rings. The van der Waals surface area contributed by atoms with Gasteiger partial charge in [0.1, 0.15) is 11.9 Å². The zero-order valence-electron chi connectivity index (χ0n) is 16.5. The van der Waals surface area contributed by atoms with E-state index in [0.29, 0.717) is 17.4 Å². The summed E-state index contributed by atoms with van der Waals surface area (Å²) < 4.78 is 27.2. The third-order valence-corrected chi connectivity index (χ3v) is 6.94. The number of hydrogen-bond acceptors (Lipinski definition) is 4. The van der Waals surface area contributed by atoms with E-state index >= 15 is 0 Å². The fourth-order valence-electron chi connectivity index (χ4n) is 4.05. The lowest BCUT2D eigenvalue weighted by atomic mass is 9.90. The molecule has 0 aliphatic carbocycles. The number of carbonyl (C=O) groups excluding carboxylic acids is 1. The van der Waals surface area contributed by atoms with E-state index in [2.05, 4.69) is 23.6 Å². The quantitative estimate of drug-likeness (QED) is 0.857. The van der Waals surface area contributed by atoms with Crippen LogP contribution in [-0.4, -0.2) is 44.2 Å².